The van der Waals surface area contributed by atoms with E-state index in [9.17, 15) is 0 Å². The Morgan fingerprint density at radius 2 is 1.89 bits per heavy atom. The van der Waals surface area contributed by atoms with Crippen molar-refractivity contribution in [2.75, 3.05) is 12.0 Å². The van der Waals surface area contributed by atoms with Gasteiger partial charge in [0.2, 0.25) is 0 Å². The molecule has 0 N–H and O–H groups in total. The van der Waals surface area contributed by atoms with Crippen LogP contribution in [0.3, 0.4) is 0 Å². The minimum Gasteiger partial charge on any atom is -0.497 e. The number of aromatic nitrogens is 2. The minimum absolute atomic E-state index is 0.422. The summed E-state index contributed by atoms with van der Waals surface area (Å²) in [6.07, 6.45) is 1.82. The predicted octanol–water partition coefficient (Wildman–Crippen LogP) is 5.65. The highest BCUT2D eigenvalue weighted by molar-refractivity contribution is 7.13. The lowest BCUT2D eigenvalue weighted by Gasteiger charge is -2.22. The number of ether oxygens (including phenoxy) is 1. The Kier molecular flexibility index (Phi) is 5.74. The SMILES string of the molecule is COc1cccc(CN(Cc2ccc3ncccc3c2)c2nc(CCl)cs2)c1. The molecule has 0 spiro atoms. The van der Waals surface area contributed by atoms with Gasteiger partial charge in [-0.25, -0.2) is 4.98 Å². The third-order valence-corrected chi connectivity index (χ3v) is 5.72. The van der Waals surface area contributed by atoms with E-state index >= 15 is 0 Å². The molecular weight excluding hydrogens is 390 g/mol. The first-order chi connectivity index (χ1) is 13.7. The number of alkyl halides is 1. The van der Waals surface area contributed by atoms with Crippen molar-refractivity contribution in [1.82, 2.24) is 9.97 Å². The summed E-state index contributed by atoms with van der Waals surface area (Å²) >= 11 is 7.59. The van der Waals surface area contributed by atoms with Gasteiger partial charge in [0.1, 0.15) is 5.75 Å². The van der Waals surface area contributed by atoms with Gasteiger partial charge in [-0.15, -0.1) is 22.9 Å². The van der Waals surface area contributed by atoms with Crippen molar-refractivity contribution >= 4 is 39.0 Å². The van der Waals surface area contributed by atoms with Crippen LogP contribution in [-0.4, -0.2) is 17.1 Å². The number of halogens is 1. The van der Waals surface area contributed by atoms with Gasteiger partial charge in [0.15, 0.2) is 5.13 Å². The van der Waals surface area contributed by atoms with Crippen molar-refractivity contribution in [3.8, 4) is 5.75 Å². The molecule has 0 fully saturated rings. The highest BCUT2D eigenvalue weighted by Gasteiger charge is 2.14. The van der Waals surface area contributed by atoms with E-state index in [0.717, 1.165) is 40.6 Å². The molecule has 6 heteroatoms. The number of nitrogens with zero attached hydrogens (tertiary/aromatic N) is 3. The number of pyridine rings is 1. The molecule has 4 nitrogen and oxygen atoms in total. The Balaban J connectivity index is 1.64. The Bertz CT molecular complexity index is 1080. The maximum atomic E-state index is 5.97. The fourth-order valence-corrected chi connectivity index (χ4v) is 4.18. The fourth-order valence-electron chi connectivity index (χ4n) is 3.13. The van der Waals surface area contributed by atoms with E-state index in [0.29, 0.717) is 5.88 Å². The average molecular weight is 410 g/mol. The highest BCUT2D eigenvalue weighted by Crippen LogP contribution is 2.27. The Morgan fingerprint density at radius 3 is 2.68 bits per heavy atom. The Labute approximate surface area is 173 Å². The average Bonchev–Trinajstić information content (AvgIpc) is 3.23. The zero-order valence-corrected chi connectivity index (χ0v) is 17.1. The number of rotatable bonds is 7. The molecule has 0 radical (unpaired) electrons. The first kappa shape index (κ1) is 18.7. The Morgan fingerprint density at radius 1 is 1.04 bits per heavy atom. The van der Waals surface area contributed by atoms with Gasteiger partial charge in [-0.05, 0) is 41.5 Å². The number of anilines is 1. The molecule has 0 aliphatic rings. The number of hydrogen-bond acceptors (Lipinski definition) is 5. The van der Waals surface area contributed by atoms with Crippen LogP contribution in [0, 0.1) is 0 Å². The molecule has 28 heavy (non-hydrogen) atoms. The molecule has 2 aromatic heterocycles. The predicted molar refractivity (Wildman–Crippen MR) is 116 cm³/mol. The van der Waals surface area contributed by atoms with E-state index in [4.69, 9.17) is 21.3 Å². The zero-order valence-electron chi connectivity index (χ0n) is 15.5. The minimum atomic E-state index is 0.422. The number of methoxy groups -OCH3 is 1. The summed E-state index contributed by atoms with van der Waals surface area (Å²) in [6.45, 7) is 1.48. The number of benzene rings is 2. The zero-order chi connectivity index (χ0) is 19.3. The molecule has 0 bridgehead atoms. The van der Waals surface area contributed by atoms with Crippen LogP contribution < -0.4 is 9.64 Å². The molecule has 2 aromatic carbocycles. The van der Waals surface area contributed by atoms with E-state index in [1.54, 1.807) is 18.4 Å². The van der Waals surface area contributed by atoms with E-state index < -0.39 is 0 Å². The second-order valence-corrected chi connectivity index (χ2v) is 7.60. The van der Waals surface area contributed by atoms with Crippen LogP contribution in [0.2, 0.25) is 0 Å². The molecule has 4 aromatic rings. The monoisotopic (exact) mass is 409 g/mol. The van der Waals surface area contributed by atoms with Crippen LogP contribution in [0.5, 0.6) is 5.75 Å². The van der Waals surface area contributed by atoms with Gasteiger partial charge in [0.25, 0.3) is 0 Å². The van der Waals surface area contributed by atoms with E-state index in [1.807, 2.05) is 29.8 Å². The van der Waals surface area contributed by atoms with Crippen LogP contribution in [0.15, 0.2) is 66.2 Å². The third-order valence-electron chi connectivity index (χ3n) is 4.50. The molecule has 0 amide bonds. The van der Waals surface area contributed by atoms with Crippen LogP contribution in [-0.2, 0) is 19.0 Å². The van der Waals surface area contributed by atoms with Gasteiger partial charge >= 0.3 is 0 Å². The largest absolute Gasteiger partial charge is 0.497 e. The number of thiazole rings is 1. The molecule has 0 saturated heterocycles. The molecule has 0 atom stereocenters. The molecule has 142 valence electrons. The molecule has 2 heterocycles. The summed E-state index contributed by atoms with van der Waals surface area (Å²) in [5.41, 5.74) is 4.29. The first-order valence-electron chi connectivity index (χ1n) is 8.97. The maximum Gasteiger partial charge on any atom is 0.186 e. The lowest BCUT2D eigenvalue weighted by Crippen LogP contribution is -2.22. The van der Waals surface area contributed by atoms with Gasteiger partial charge in [0.05, 0.1) is 24.2 Å². The van der Waals surface area contributed by atoms with Crippen LogP contribution in [0.4, 0.5) is 5.13 Å². The molecule has 0 unspecified atom stereocenters. The van der Waals surface area contributed by atoms with Crippen molar-refractivity contribution in [2.24, 2.45) is 0 Å². The van der Waals surface area contributed by atoms with Crippen molar-refractivity contribution in [1.29, 1.82) is 0 Å². The van der Waals surface area contributed by atoms with Crippen LogP contribution in [0.25, 0.3) is 10.9 Å². The Hall–Kier alpha value is -2.63. The topological polar surface area (TPSA) is 38.2 Å². The van der Waals surface area contributed by atoms with Crippen molar-refractivity contribution in [3.63, 3.8) is 0 Å². The molecule has 4 rings (SSSR count). The van der Waals surface area contributed by atoms with Crippen molar-refractivity contribution in [3.05, 3.63) is 83.0 Å². The van der Waals surface area contributed by atoms with E-state index in [-0.39, 0.29) is 0 Å². The summed E-state index contributed by atoms with van der Waals surface area (Å²) in [5.74, 6) is 1.28. The smallest absolute Gasteiger partial charge is 0.186 e. The summed E-state index contributed by atoms with van der Waals surface area (Å²) in [4.78, 5) is 11.4. The van der Waals surface area contributed by atoms with E-state index in [2.05, 4.69) is 46.3 Å². The van der Waals surface area contributed by atoms with Crippen LogP contribution >= 0.6 is 22.9 Å². The standard InChI is InChI=1S/C22H20ClN3OS/c1-27-20-6-2-4-16(11-20)13-26(22-25-19(12-23)15-28-22)14-17-7-8-21-18(10-17)5-3-9-24-21/h2-11,15H,12-14H2,1H3. The van der Waals surface area contributed by atoms with Gasteiger partial charge in [0, 0.05) is 30.1 Å². The summed E-state index contributed by atoms with van der Waals surface area (Å²) in [5, 5.41) is 4.12. The quantitative estimate of drug-likeness (QED) is 0.370. The maximum absolute atomic E-state index is 5.97. The number of fused-ring (bicyclic) bond motifs is 1. The van der Waals surface area contributed by atoms with E-state index in [1.165, 1.54) is 11.1 Å². The second kappa shape index (κ2) is 8.59. The second-order valence-electron chi connectivity index (χ2n) is 6.49. The molecule has 0 aliphatic heterocycles. The summed E-state index contributed by atoms with van der Waals surface area (Å²) < 4.78 is 5.37. The van der Waals surface area contributed by atoms with Gasteiger partial charge in [-0.2, -0.15) is 0 Å². The molecular formula is C22H20ClN3OS. The van der Waals surface area contributed by atoms with Crippen molar-refractivity contribution < 1.29 is 4.74 Å². The lowest BCUT2D eigenvalue weighted by atomic mass is 10.1. The summed E-state index contributed by atoms with van der Waals surface area (Å²) in [7, 11) is 1.69. The van der Waals surface area contributed by atoms with Crippen molar-refractivity contribution in [2.45, 2.75) is 19.0 Å². The van der Waals surface area contributed by atoms with Gasteiger partial charge < -0.3 is 9.64 Å². The molecule has 0 saturated carbocycles. The van der Waals surface area contributed by atoms with Gasteiger partial charge in [-0.1, -0.05) is 24.3 Å². The fraction of sp³-hybridized carbons (Fsp3) is 0.182. The lowest BCUT2D eigenvalue weighted by molar-refractivity contribution is 0.414. The van der Waals surface area contributed by atoms with Crippen LogP contribution in [0.1, 0.15) is 16.8 Å². The first-order valence-corrected chi connectivity index (χ1v) is 10.4. The van der Waals surface area contributed by atoms with Gasteiger partial charge in [-0.3, -0.25) is 4.98 Å². The third kappa shape index (κ3) is 4.26. The summed E-state index contributed by atoms with van der Waals surface area (Å²) in [6, 6.07) is 18.6. The number of hydrogen-bond donors (Lipinski definition) is 0. The highest BCUT2D eigenvalue weighted by atomic mass is 35.5. The normalized spacial score (nSPS) is 10.9. The molecule has 0 aliphatic carbocycles.